The summed E-state index contributed by atoms with van der Waals surface area (Å²) >= 11 is 7.62. The lowest BCUT2D eigenvalue weighted by Gasteiger charge is -2.17. The van der Waals surface area contributed by atoms with Gasteiger partial charge in [-0.1, -0.05) is 38.4 Å². The number of amides is 1. The number of carbonyl (C=O) groups excluding carboxylic acids is 1. The molecule has 0 saturated heterocycles. The first kappa shape index (κ1) is 14.4. The van der Waals surface area contributed by atoms with Crippen molar-refractivity contribution in [3.05, 3.63) is 28.8 Å². The smallest absolute Gasteiger partial charge is 0.234 e. The maximum Gasteiger partial charge on any atom is 0.234 e. The molecule has 4 heteroatoms. The van der Waals surface area contributed by atoms with E-state index >= 15 is 0 Å². The summed E-state index contributed by atoms with van der Waals surface area (Å²) in [5.74, 6) is 0.463. The van der Waals surface area contributed by atoms with Gasteiger partial charge < -0.3 is 5.32 Å². The maximum atomic E-state index is 11.7. The molecule has 0 aliphatic carbocycles. The predicted molar refractivity (Wildman–Crippen MR) is 77.0 cm³/mol. The number of hydrogen-bond donors (Lipinski definition) is 1. The summed E-state index contributed by atoms with van der Waals surface area (Å²) in [6.45, 7) is 8.18. The first-order valence-electron chi connectivity index (χ1n) is 5.48. The third-order valence-corrected chi connectivity index (χ3v) is 3.86. The number of hydrogen-bond acceptors (Lipinski definition) is 2. The van der Waals surface area contributed by atoms with Crippen molar-refractivity contribution in [1.29, 1.82) is 0 Å². The zero-order valence-electron chi connectivity index (χ0n) is 10.6. The molecule has 17 heavy (non-hydrogen) atoms. The molecule has 0 aromatic heterocycles. The van der Waals surface area contributed by atoms with Crippen LogP contribution in [0.3, 0.4) is 0 Å². The number of benzene rings is 1. The molecule has 0 heterocycles. The van der Waals surface area contributed by atoms with Gasteiger partial charge in [0, 0.05) is 15.5 Å². The summed E-state index contributed by atoms with van der Waals surface area (Å²) in [6, 6.07) is 5.51. The zero-order valence-corrected chi connectivity index (χ0v) is 12.2. The Morgan fingerprint density at radius 2 is 2.06 bits per heavy atom. The molecule has 0 bridgehead atoms. The molecule has 0 spiro atoms. The SMILES string of the molecule is Cc1c(Cl)cccc1NC(=O)CSC(C)(C)C. The third kappa shape index (κ3) is 5.00. The van der Waals surface area contributed by atoms with Gasteiger partial charge in [0.05, 0.1) is 5.75 Å². The first-order chi connectivity index (χ1) is 7.79. The van der Waals surface area contributed by atoms with Gasteiger partial charge >= 0.3 is 0 Å². The van der Waals surface area contributed by atoms with Crippen LogP contribution < -0.4 is 5.32 Å². The molecule has 1 amide bonds. The van der Waals surface area contributed by atoms with Gasteiger partial charge in [0.1, 0.15) is 0 Å². The number of rotatable bonds is 3. The van der Waals surface area contributed by atoms with Gasteiger partial charge in [-0.15, -0.1) is 11.8 Å². The lowest BCUT2D eigenvalue weighted by molar-refractivity contribution is -0.113. The molecule has 0 atom stereocenters. The van der Waals surface area contributed by atoms with E-state index in [9.17, 15) is 4.79 Å². The maximum absolute atomic E-state index is 11.7. The molecule has 1 aromatic carbocycles. The van der Waals surface area contributed by atoms with E-state index in [0.29, 0.717) is 10.8 Å². The average Bonchev–Trinajstić information content (AvgIpc) is 2.21. The van der Waals surface area contributed by atoms with Gasteiger partial charge in [-0.05, 0) is 24.6 Å². The number of halogens is 1. The Hall–Kier alpha value is -0.670. The van der Waals surface area contributed by atoms with Crippen molar-refractivity contribution in [2.45, 2.75) is 32.4 Å². The van der Waals surface area contributed by atoms with Gasteiger partial charge in [-0.25, -0.2) is 0 Å². The standard InChI is InChI=1S/C13H18ClNOS/c1-9-10(14)6-5-7-11(9)15-12(16)8-17-13(2,3)4/h5-7H,8H2,1-4H3,(H,15,16). The van der Waals surface area contributed by atoms with E-state index in [0.717, 1.165) is 11.3 Å². The van der Waals surface area contributed by atoms with Crippen molar-refractivity contribution in [2.24, 2.45) is 0 Å². The molecule has 94 valence electrons. The number of nitrogens with one attached hydrogen (secondary N) is 1. The third-order valence-electron chi connectivity index (χ3n) is 2.18. The summed E-state index contributed by atoms with van der Waals surface area (Å²) in [5, 5.41) is 3.55. The van der Waals surface area contributed by atoms with E-state index in [1.165, 1.54) is 0 Å². The second-order valence-electron chi connectivity index (χ2n) is 4.86. The molecule has 0 radical (unpaired) electrons. The summed E-state index contributed by atoms with van der Waals surface area (Å²) in [6.07, 6.45) is 0. The minimum absolute atomic E-state index is 0.00953. The van der Waals surface area contributed by atoms with Gasteiger partial charge in [0.2, 0.25) is 5.91 Å². The van der Waals surface area contributed by atoms with Crippen molar-refractivity contribution in [3.63, 3.8) is 0 Å². The molecular formula is C13H18ClNOS. The molecule has 1 N–H and O–H groups in total. The monoisotopic (exact) mass is 271 g/mol. The molecule has 0 aliphatic rings. The Labute approximate surface area is 112 Å². The van der Waals surface area contributed by atoms with E-state index in [4.69, 9.17) is 11.6 Å². The van der Waals surface area contributed by atoms with Crippen LogP contribution in [0.2, 0.25) is 5.02 Å². The van der Waals surface area contributed by atoms with E-state index < -0.39 is 0 Å². The Morgan fingerprint density at radius 3 is 2.65 bits per heavy atom. The zero-order chi connectivity index (χ0) is 13.1. The normalized spacial score (nSPS) is 11.4. The highest BCUT2D eigenvalue weighted by molar-refractivity contribution is 8.01. The summed E-state index contributed by atoms with van der Waals surface area (Å²) in [4.78, 5) is 11.7. The van der Waals surface area contributed by atoms with Crippen LogP contribution in [0.1, 0.15) is 26.3 Å². The Morgan fingerprint density at radius 1 is 1.41 bits per heavy atom. The van der Waals surface area contributed by atoms with Crippen LogP contribution in [0.4, 0.5) is 5.69 Å². The predicted octanol–water partition coefficient (Wildman–Crippen LogP) is 4.12. The summed E-state index contributed by atoms with van der Waals surface area (Å²) < 4.78 is 0.0979. The van der Waals surface area contributed by atoms with Crippen LogP contribution in [0, 0.1) is 6.92 Å². The lowest BCUT2D eigenvalue weighted by atomic mass is 10.2. The highest BCUT2D eigenvalue weighted by Gasteiger charge is 2.14. The van der Waals surface area contributed by atoms with Gasteiger partial charge in [0.15, 0.2) is 0 Å². The topological polar surface area (TPSA) is 29.1 Å². The minimum Gasteiger partial charge on any atom is -0.325 e. The second kappa shape index (κ2) is 5.78. The van der Waals surface area contributed by atoms with Crippen molar-refractivity contribution in [2.75, 3.05) is 11.1 Å². The first-order valence-corrected chi connectivity index (χ1v) is 6.85. The van der Waals surface area contributed by atoms with Gasteiger partial charge in [-0.3, -0.25) is 4.79 Å². The van der Waals surface area contributed by atoms with E-state index in [1.54, 1.807) is 11.8 Å². The molecule has 0 saturated carbocycles. The molecule has 2 nitrogen and oxygen atoms in total. The van der Waals surface area contributed by atoms with E-state index in [2.05, 4.69) is 26.1 Å². The summed E-state index contributed by atoms with van der Waals surface area (Å²) in [5.41, 5.74) is 1.69. The average molecular weight is 272 g/mol. The Bertz CT molecular complexity index is 412. The summed E-state index contributed by atoms with van der Waals surface area (Å²) in [7, 11) is 0. The second-order valence-corrected chi connectivity index (χ2v) is 7.07. The lowest BCUT2D eigenvalue weighted by Crippen LogP contribution is -2.19. The molecule has 0 unspecified atom stereocenters. The molecular weight excluding hydrogens is 254 g/mol. The minimum atomic E-state index is 0.00953. The molecule has 1 aromatic rings. The Kier molecular flexibility index (Phi) is 4.90. The fraction of sp³-hybridized carbons (Fsp3) is 0.462. The number of thioether (sulfide) groups is 1. The number of carbonyl (C=O) groups is 1. The van der Waals surface area contributed by atoms with Crippen molar-refractivity contribution in [3.8, 4) is 0 Å². The van der Waals surface area contributed by atoms with Gasteiger partial charge in [-0.2, -0.15) is 0 Å². The quantitative estimate of drug-likeness (QED) is 0.896. The highest BCUT2D eigenvalue weighted by atomic mass is 35.5. The van der Waals surface area contributed by atoms with Crippen LogP contribution in [-0.2, 0) is 4.79 Å². The van der Waals surface area contributed by atoms with E-state index in [-0.39, 0.29) is 10.7 Å². The van der Waals surface area contributed by atoms with Crippen LogP contribution in [0.15, 0.2) is 18.2 Å². The largest absolute Gasteiger partial charge is 0.325 e. The molecule has 0 aliphatic heterocycles. The van der Waals surface area contributed by atoms with Crippen LogP contribution in [-0.4, -0.2) is 16.4 Å². The molecule has 1 rings (SSSR count). The van der Waals surface area contributed by atoms with Crippen LogP contribution in [0.25, 0.3) is 0 Å². The van der Waals surface area contributed by atoms with Crippen molar-refractivity contribution in [1.82, 2.24) is 0 Å². The molecule has 0 fully saturated rings. The number of anilines is 1. The van der Waals surface area contributed by atoms with E-state index in [1.807, 2.05) is 25.1 Å². The van der Waals surface area contributed by atoms with Crippen molar-refractivity contribution < 1.29 is 4.79 Å². The van der Waals surface area contributed by atoms with Crippen LogP contribution >= 0.6 is 23.4 Å². The fourth-order valence-electron chi connectivity index (χ4n) is 1.21. The highest BCUT2D eigenvalue weighted by Crippen LogP contribution is 2.25. The van der Waals surface area contributed by atoms with Crippen molar-refractivity contribution >= 4 is 35.0 Å². The fourth-order valence-corrected chi connectivity index (χ4v) is 2.02. The van der Waals surface area contributed by atoms with Crippen LogP contribution in [0.5, 0.6) is 0 Å². The Balaban J connectivity index is 2.60. The van der Waals surface area contributed by atoms with Gasteiger partial charge in [0.25, 0.3) is 0 Å².